The van der Waals surface area contributed by atoms with Crippen molar-refractivity contribution in [1.29, 1.82) is 0 Å². The monoisotopic (exact) mass is 192 g/mol. The van der Waals surface area contributed by atoms with E-state index in [0.717, 1.165) is 6.42 Å². The molecule has 1 saturated heterocycles. The molecular formula is C12H16O2. The second-order valence-corrected chi connectivity index (χ2v) is 4.78. The smallest absolute Gasteiger partial charge is 0.310 e. The van der Waals surface area contributed by atoms with E-state index in [2.05, 4.69) is 19.1 Å². The van der Waals surface area contributed by atoms with Crippen LogP contribution < -0.4 is 0 Å². The standard InChI is InChI=1S/C12H16O2/c1-2-9-10-7-3-5-8(6-4-7)11(10)12(13)14-9/h3,5,7-11H,2,4,6H2,1H3/t7-,8+,9+,10+,11+/m1/s1. The van der Waals surface area contributed by atoms with Crippen molar-refractivity contribution in [2.75, 3.05) is 0 Å². The van der Waals surface area contributed by atoms with Crippen molar-refractivity contribution in [3.05, 3.63) is 12.2 Å². The number of hydrogen-bond donors (Lipinski definition) is 0. The lowest BCUT2D eigenvalue weighted by molar-refractivity contribution is -0.145. The molecule has 1 heterocycles. The minimum absolute atomic E-state index is 0.0703. The lowest BCUT2D eigenvalue weighted by Gasteiger charge is -2.40. The number of carbonyl (C=O) groups is 1. The van der Waals surface area contributed by atoms with E-state index < -0.39 is 0 Å². The third kappa shape index (κ3) is 0.943. The Kier molecular flexibility index (Phi) is 1.73. The number of esters is 1. The van der Waals surface area contributed by atoms with Gasteiger partial charge in [-0.15, -0.1) is 0 Å². The van der Waals surface area contributed by atoms with Crippen LogP contribution in [-0.2, 0) is 9.53 Å². The van der Waals surface area contributed by atoms with E-state index in [9.17, 15) is 4.79 Å². The molecule has 14 heavy (non-hydrogen) atoms. The van der Waals surface area contributed by atoms with E-state index in [1.54, 1.807) is 0 Å². The third-order valence-corrected chi connectivity index (χ3v) is 4.18. The van der Waals surface area contributed by atoms with Crippen molar-refractivity contribution in [2.45, 2.75) is 32.3 Å². The van der Waals surface area contributed by atoms with Gasteiger partial charge in [0.25, 0.3) is 0 Å². The van der Waals surface area contributed by atoms with Crippen LogP contribution in [0.2, 0.25) is 0 Å². The van der Waals surface area contributed by atoms with Crippen molar-refractivity contribution < 1.29 is 9.53 Å². The summed E-state index contributed by atoms with van der Waals surface area (Å²) < 4.78 is 5.46. The Balaban J connectivity index is 1.97. The topological polar surface area (TPSA) is 26.3 Å². The van der Waals surface area contributed by atoms with Gasteiger partial charge in [-0.2, -0.15) is 0 Å². The molecule has 0 aromatic rings. The van der Waals surface area contributed by atoms with Crippen molar-refractivity contribution in [3.63, 3.8) is 0 Å². The van der Waals surface area contributed by atoms with Crippen LogP contribution >= 0.6 is 0 Å². The molecule has 4 rings (SSSR count). The van der Waals surface area contributed by atoms with Crippen LogP contribution in [0, 0.1) is 23.7 Å². The molecule has 0 aromatic carbocycles. The number of rotatable bonds is 1. The van der Waals surface area contributed by atoms with E-state index >= 15 is 0 Å². The summed E-state index contributed by atoms with van der Waals surface area (Å²) in [6, 6.07) is 0. The van der Waals surface area contributed by atoms with Gasteiger partial charge in [0.05, 0.1) is 5.92 Å². The van der Waals surface area contributed by atoms with Gasteiger partial charge in [0.15, 0.2) is 0 Å². The fourth-order valence-electron chi connectivity index (χ4n) is 3.54. The maximum atomic E-state index is 11.7. The Morgan fingerprint density at radius 3 is 2.71 bits per heavy atom. The van der Waals surface area contributed by atoms with Crippen LogP contribution in [-0.4, -0.2) is 12.1 Å². The van der Waals surface area contributed by atoms with E-state index in [0.29, 0.717) is 17.8 Å². The molecule has 1 saturated carbocycles. The first-order valence-corrected chi connectivity index (χ1v) is 5.70. The van der Waals surface area contributed by atoms with Crippen LogP contribution in [0.1, 0.15) is 26.2 Å². The summed E-state index contributed by atoms with van der Waals surface area (Å²) in [7, 11) is 0. The van der Waals surface area contributed by atoms with Gasteiger partial charge in [-0.05, 0) is 31.1 Å². The predicted molar refractivity (Wildman–Crippen MR) is 52.5 cm³/mol. The number of cyclic esters (lactones) is 1. The van der Waals surface area contributed by atoms with Crippen LogP contribution in [0.3, 0.4) is 0 Å². The van der Waals surface area contributed by atoms with Crippen molar-refractivity contribution in [3.8, 4) is 0 Å². The summed E-state index contributed by atoms with van der Waals surface area (Å²) in [5.41, 5.74) is 0. The Labute approximate surface area is 84.3 Å². The van der Waals surface area contributed by atoms with E-state index in [1.807, 2.05) is 0 Å². The zero-order valence-corrected chi connectivity index (χ0v) is 8.48. The summed E-state index contributed by atoms with van der Waals surface area (Å²) in [6.07, 6.45) is 8.19. The number of carbonyl (C=O) groups excluding carboxylic acids is 1. The van der Waals surface area contributed by atoms with Crippen molar-refractivity contribution >= 4 is 5.97 Å². The molecule has 76 valence electrons. The molecule has 2 bridgehead atoms. The Morgan fingerprint density at radius 1 is 1.36 bits per heavy atom. The van der Waals surface area contributed by atoms with Gasteiger partial charge >= 0.3 is 5.97 Å². The van der Waals surface area contributed by atoms with Crippen LogP contribution in [0.25, 0.3) is 0 Å². The molecule has 2 heteroatoms. The molecular weight excluding hydrogens is 176 g/mol. The molecule has 0 radical (unpaired) electrons. The zero-order valence-electron chi connectivity index (χ0n) is 8.48. The van der Waals surface area contributed by atoms with Gasteiger partial charge in [0.2, 0.25) is 0 Å². The second-order valence-electron chi connectivity index (χ2n) is 4.78. The lowest BCUT2D eigenvalue weighted by Crippen LogP contribution is -2.39. The largest absolute Gasteiger partial charge is 0.462 e. The summed E-state index contributed by atoms with van der Waals surface area (Å²) in [4.78, 5) is 11.7. The summed E-state index contributed by atoms with van der Waals surface area (Å²) >= 11 is 0. The zero-order chi connectivity index (χ0) is 9.71. The molecule has 4 aliphatic rings. The maximum Gasteiger partial charge on any atom is 0.310 e. The molecule has 0 N–H and O–H groups in total. The Bertz CT molecular complexity index is 295. The van der Waals surface area contributed by atoms with Crippen LogP contribution in [0.15, 0.2) is 12.2 Å². The summed E-state index contributed by atoms with van der Waals surface area (Å²) in [6.45, 7) is 2.12. The highest BCUT2D eigenvalue weighted by atomic mass is 16.6. The predicted octanol–water partition coefficient (Wildman–Crippen LogP) is 2.15. The van der Waals surface area contributed by atoms with Gasteiger partial charge in [-0.25, -0.2) is 0 Å². The van der Waals surface area contributed by atoms with Crippen molar-refractivity contribution in [2.24, 2.45) is 23.7 Å². The fraction of sp³-hybridized carbons (Fsp3) is 0.750. The average molecular weight is 192 g/mol. The molecule has 2 fully saturated rings. The lowest BCUT2D eigenvalue weighted by atomic mass is 9.61. The van der Waals surface area contributed by atoms with Crippen molar-refractivity contribution in [1.82, 2.24) is 0 Å². The normalized spacial score (nSPS) is 49.2. The first-order valence-electron chi connectivity index (χ1n) is 5.70. The number of ether oxygens (including phenoxy) is 1. The number of fused-ring (bicyclic) bond motifs is 1. The molecule has 3 aliphatic carbocycles. The second kappa shape index (κ2) is 2.85. The van der Waals surface area contributed by atoms with Gasteiger partial charge in [0, 0.05) is 5.92 Å². The molecule has 0 spiro atoms. The molecule has 5 atom stereocenters. The number of allylic oxidation sites excluding steroid dienone is 2. The molecule has 1 aliphatic heterocycles. The highest BCUT2D eigenvalue weighted by molar-refractivity contribution is 5.76. The fourth-order valence-corrected chi connectivity index (χ4v) is 3.54. The van der Waals surface area contributed by atoms with E-state index in [4.69, 9.17) is 4.74 Å². The first kappa shape index (κ1) is 8.51. The molecule has 0 aromatic heterocycles. The quantitative estimate of drug-likeness (QED) is 0.470. The highest BCUT2D eigenvalue weighted by Gasteiger charge is 2.53. The van der Waals surface area contributed by atoms with Gasteiger partial charge < -0.3 is 4.74 Å². The van der Waals surface area contributed by atoms with Crippen LogP contribution in [0.4, 0.5) is 0 Å². The number of hydrogen-bond acceptors (Lipinski definition) is 2. The van der Waals surface area contributed by atoms with Gasteiger partial charge in [-0.1, -0.05) is 19.1 Å². The van der Waals surface area contributed by atoms with E-state index in [-0.39, 0.29) is 18.0 Å². The summed E-state index contributed by atoms with van der Waals surface area (Å²) in [5, 5.41) is 0. The highest BCUT2D eigenvalue weighted by Crippen LogP contribution is 2.51. The first-order chi connectivity index (χ1) is 6.81. The Hall–Kier alpha value is -0.790. The van der Waals surface area contributed by atoms with E-state index in [1.165, 1.54) is 12.8 Å². The van der Waals surface area contributed by atoms with Crippen LogP contribution in [0.5, 0.6) is 0 Å². The van der Waals surface area contributed by atoms with Gasteiger partial charge in [0.1, 0.15) is 6.10 Å². The molecule has 0 unspecified atom stereocenters. The minimum Gasteiger partial charge on any atom is -0.462 e. The Morgan fingerprint density at radius 2 is 2.07 bits per heavy atom. The minimum atomic E-state index is 0.0703. The average Bonchev–Trinajstić information content (AvgIpc) is 2.60. The van der Waals surface area contributed by atoms with Gasteiger partial charge in [-0.3, -0.25) is 4.79 Å². The summed E-state index contributed by atoms with van der Waals surface area (Å²) in [5.74, 6) is 1.86. The third-order valence-electron chi connectivity index (χ3n) is 4.18. The maximum absolute atomic E-state index is 11.7. The molecule has 2 nitrogen and oxygen atoms in total. The SMILES string of the molecule is CC[C@@H]1OC(=O)[C@@H]2[C@H]1[C@@H]1C=C[C@H]2CC1. The molecule has 0 amide bonds.